The Bertz CT molecular complexity index is 1110. The fraction of sp³-hybridized carbons (Fsp3) is 0.391. The highest BCUT2D eigenvalue weighted by Gasteiger charge is 2.18. The minimum Gasteiger partial charge on any atom is -0.443 e. The topological polar surface area (TPSA) is 76.7 Å². The number of pyridine rings is 1. The molecule has 7 nitrogen and oxygen atoms in total. The number of carbonyl (C=O) groups is 1. The number of halogens is 1. The fourth-order valence-corrected chi connectivity index (χ4v) is 3.87. The third-order valence-electron chi connectivity index (χ3n) is 5.45. The number of morpholine rings is 1. The van der Waals surface area contributed by atoms with Crippen LogP contribution in [0.15, 0.2) is 45.7 Å². The fourth-order valence-electron chi connectivity index (χ4n) is 3.74. The lowest BCUT2D eigenvalue weighted by Gasteiger charge is -2.25. The second-order valence-electron chi connectivity index (χ2n) is 7.67. The van der Waals surface area contributed by atoms with Crippen LogP contribution in [0.3, 0.4) is 0 Å². The van der Waals surface area contributed by atoms with Gasteiger partial charge in [-0.25, -0.2) is 0 Å². The Morgan fingerprint density at radius 2 is 1.94 bits per heavy atom. The number of fused-ring (bicyclic) bond motifs is 1. The average molecular weight is 444 g/mol. The van der Waals surface area contributed by atoms with Crippen molar-refractivity contribution in [1.29, 1.82) is 0 Å². The first kappa shape index (κ1) is 21.6. The lowest BCUT2D eigenvalue weighted by molar-refractivity contribution is -0.120. The summed E-state index contributed by atoms with van der Waals surface area (Å²) < 4.78 is 13.3. The Kier molecular flexibility index (Phi) is 6.75. The molecular formula is C23H26ClN3O4. The van der Waals surface area contributed by atoms with Gasteiger partial charge in [0, 0.05) is 43.0 Å². The SMILES string of the molecule is CCn1cc(CC(=O)NCc2ccc(Cl)cc2)c(=O)c2cc(CN3CCOCC3)oc21. The van der Waals surface area contributed by atoms with Crippen LogP contribution in [0.4, 0.5) is 0 Å². The maximum absolute atomic E-state index is 13.0. The first-order valence-electron chi connectivity index (χ1n) is 10.5. The molecule has 1 aliphatic heterocycles. The van der Waals surface area contributed by atoms with Gasteiger partial charge in [0.1, 0.15) is 5.76 Å². The largest absolute Gasteiger partial charge is 0.443 e. The van der Waals surface area contributed by atoms with Crippen molar-refractivity contribution in [3.05, 3.63) is 68.7 Å². The molecule has 0 unspecified atom stereocenters. The van der Waals surface area contributed by atoms with Gasteiger partial charge in [-0.05, 0) is 30.7 Å². The van der Waals surface area contributed by atoms with E-state index in [0.29, 0.717) is 54.5 Å². The number of rotatable bonds is 7. The molecule has 1 aromatic carbocycles. The highest BCUT2D eigenvalue weighted by atomic mass is 35.5. The summed E-state index contributed by atoms with van der Waals surface area (Å²) in [4.78, 5) is 27.8. The number of hydrogen-bond donors (Lipinski definition) is 1. The van der Waals surface area contributed by atoms with Gasteiger partial charge in [0.05, 0.1) is 31.6 Å². The van der Waals surface area contributed by atoms with Gasteiger partial charge in [-0.15, -0.1) is 0 Å². The normalized spacial score (nSPS) is 14.8. The summed E-state index contributed by atoms with van der Waals surface area (Å²) in [6, 6.07) is 9.10. The predicted octanol–water partition coefficient (Wildman–Crippen LogP) is 2.96. The molecular weight excluding hydrogens is 418 g/mol. The molecule has 0 atom stereocenters. The summed E-state index contributed by atoms with van der Waals surface area (Å²) in [6.45, 7) is 6.74. The van der Waals surface area contributed by atoms with Crippen LogP contribution in [-0.2, 0) is 35.6 Å². The van der Waals surface area contributed by atoms with Gasteiger partial charge in [0.25, 0.3) is 0 Å². The molecule has 0 bridgehead atoms. The minimum absolute atomic E-state index is 0.0202. The zero-order chi connectivity index (χ0) is 21.8. The maximum atomic E-state index is 13.0. The van der Waals surface area contributed by atoms with E-state index in [-0.39, 0.29) is 17.8 Å². The molecule has 0 aliphatic carbocycles. The molecule has 8 heteroatoms. The van der Waals surface area contributed by atoms with Crippen molar-refractivity contribution in [2.75, 3.05) is 26.3 Å². The standard InChI is InChI=1S/C23H26ClN3O4/c1-2-27-14-17(11-21(28)25-13-16-3-5-18(24)6-4-16)22(29)20-12-19(31-23(20)27)15-26-7-9-30-10-8-26/h3-6,12,14H,2,7-11,13,15H2,1H3,(H,25,28). The van der Waals surface area contributed by atoms with Crippen molar-refractivity contribution >= 4 is 28.6 Å². The van der Waals surface area contributed by atoms with Crippen LogP contribution in [-0.4, -0.2) is 41.7 Å². The van der Waals surface area contributed by atoms with Gasteiger partial charge in [0.2, 0.25) is 11.6 Å². The summed E-state index contributed by atoms with van der Waals surface area (Å²) >= 11 is 5.89. The van der Waals surface area contributed by atoms with Gasteiger partial charge >= 0.3 is 0 Å². The summed E-state index contributed by atoms with van der Waals surface area (Å²) in [5.41, 5.74) is 1.81. The smallest absolute Gasteiger partial charge is 0.224 e. The van der Waals surface area contributed by atoms with E-state index in [2.05, 4.69) is 10.2 Å². The molecule has 1 N–H and O–H groups in total. The zero-order valence-electron chi connectivity index (χ0n) is 17.5. The Balaban J connectivity index is 1.50. The molecule has 1 saturated heterocycles. The van der Waals surface area contributed by atoms with E-state index in [0.717, 1.165) is 24.4 Å². The number of furan rings is 1. The zero-order valence-corrected chi connectivity index (χ0v) is 18.3. The van der Waals surface area contributed by atoms with E-state index in [1.807, 2.05) is 29.7 Å². The van der Waals surface area contributed by atoms with E-state index in [1.165, 1.54) is 0 Å². The van der Waals surface area contributed by atoms with E-state index in [1.54, 1.807) is 18.3 Å². The number of benzene rings is 1. The number of amides is 1. The third-order valence-corrected chi connectivity index (χ3v) is 5.70. The lowest BCUT2D eigenvalue weighted by Crippen LogP contribution is -2.35. The number of aryl methyl sites for hydroxylation is 1. The quantitative estimate of drug-likeness (QED) is 0.607. The Morgan fingerprint density at radius 1 is 1.19 bits per heavy atom. The Morgan fingerprint density at radius 3 is 2.65 bits per heavy atom. The maximum Gasteiger partial charge on any atom is 0.224 e. The summed E-state index contributed by atoms with van der Waals surface area (Å²) in [5, 5.41) is 4.04. The van der Waals surface area contributed by atoms with Crippen LogP contribution in [0.1, 0.15) is 23.8 Å². The molecule has 0 spiro atoms. The molecule has 3 aromatic rings. The number of ether oxygens (including phenoxy) is 1. The molecule has 1 fully saturated rings. The van der Waals surface area contributed by atoms with Crippen LogP contribution in [0.25, 0.3) is 11.1 Å². The van der Waals surface area contributed by atoms with Crippen molar-refractivity contribution in [1.82, 2.24) is 14.8 Å². The van der Waals surface area contributed by atoms with Crippen LogP contribution in [0, 0.1) is 0 Å². The van der Waals surface area contributed by atoms with Crippen molar-refractivity contribution in [2.45, 2.75) is 33.0 Å². The molecule has 164 valence electrons. The van der Waals surface area contributed by atoms with Crippen molar-refractivity contribution in [3.63, 3.8) is 0 Å². The van der Waals surface area contributed by atoms with E-state index in [4.69, 9.17) is 20.8 Å². The summed E-state index contributed by atoms with van der Waals surface area (Å²) in [5.74, 6) is 0.548. The highest BCUT2D eigenvalue weighted by Crippen LogP contribution is 2.20. The van der Waals surface area contributed by atoms with Gasteiger partial charge in [-0.1, -0.05) is 23.7 Å². The Labute approximate surface area is 185 Å². The van der Waals surface area contributed by atoms with Crippen molar-refractivity contribution in [2.24, 2.45) is 0 Å². The van der Waals surface area contributed by atoms with E-state index >= 15 is 0 Å². The molecule has 0 saturated carbocycles. The van der Waals surface area contributed by atoms with Crippen LogP contribution >= 0.6 is 11.6 Å². The molecule has 31 heavy (non-hydrogen) atoms. The van der Waals surface area contributed by atoms with Crippen molar-refractivity contribution < 1.29 is 13.9 Å². The van der Waals surface area contributed by atoms with Gasteiger partial charge in [-0.3, -0.25) is 14.5 Å². The highest BCUT2D eigenvalue weighted by molar-refractivity contribution is 6.30. The van der Waals surface area contributed by atoms with Crippen molar-refractivity contribution in [3.8, 4) is 0 Å². The number of hydrogen-bond acceptors (Lipinski definition) is 5. The third kappa shape index (κ3) is 5.18. The summed E-state index contributed by atoms with van der Waals surface area (Å²) in [6.07, 6.45) is 1.75. The molecule has 1 amide bonds. The first-order valence-corrected chi connectivity index (χ1v) is 10.9. The second-order valence-corrected chi connectivity index (χ2v) is 8.11. The Hall–Kier alpha value is -2.61. The van der Waals surface area contributed by atoms with Crippen LogP contribution < -0.4 is 10.7 Å². The van der Waals surface area contributed by atoms with E-state index < -0.39 is 0 Å². The molecule has 3 heterocycles. The lowest BCUT2D eigenvalue weighted by atomic mass is 10.1. The van der Waals surface area contributed by atoms with Crippen LogP contribution in [0.5, 0.6) is 0 Å². The second kappa shape index (κ2) is 9.68. The predicted molar refractivity (Wildman–Crippen MR) is 119 cm³/mol. The average Bonchev–Trinajstić information content (AvgIpc) is 3.20. The number of carbonyl (C=O) groups excluding carboxylic acids is 1. The monoisotopic (exact) mass is 443 g/mol. The number of nitrogens with zero attached hydrogens (tertiary/aromatic N) is 2. The van der Waals surface area contributed by atoms with Crippen LogP contribution in [0.2, 0.25) is 5.02 Å². The number of nitrogens with one attached hydrogen (secondary N) is 1. The first-order chi connectivity index (χ1) is 15.0. The van der Waals surface area contributed by atoms with Gasteiger partial charge < -0.3 is 19.0 Å². The van der Waals surface area contributed by atoms with Gasteiger partial charge in [0.15, 0.2) is 5.43 Å². The summed E-state index contributed by atoms with van der Waals surface area (Å²) in [7, 11) is 0. The molecule has 4 rings (SSSR count). The van der Waals surface area contributed by atoms with Gasteiger partial charge in [-0.2, -0.15) is 0 Å². The molecule has 1 aliphatic rings. The molecule has 2 aromatic heterocycles. The van der Waals surface area contributed by atoms with E-state index in [9.17, 15) is 9.59 Å². The minimum atomic E-state index is -0.203. The molecule has 0 radical (unpaired) electrons. The number of aromatic nitrogens is 1.